The number of azide groups is 1. The molecule has 10 atom stereocenters. The van der Waals surface area contributed by atoms with Crippen LogP contribution in [0.5, 0.6) is 0 Å². The summed E-state index contributed by atoms with van der Waals surface area (Å²) in [5.41, 5.74) is 9.11. The largest absolute Gasteiger partial charge is 0.412 e. The summed E-state index contributed by atoms with van der Waals surface area (Å²) in [5.74, 6) is -1.37. The molecule has 0 saturated carbocycles. The molecule has 1 amide bonds. The highest BCUT2D eigenvalue weighted by molar-refractivity contribution is 14.1. The second-order valence-electron chi connectivity index (χ2n) is 25.0. The molecular weight excluding hydrogens is 1140 g/mol. The summed E-state index contributed by atoms with van der Waals surface area (Å²) in [4.78, 5) is 48.6. The summed E-state index contributed by atoms with van der Waals surface area (Å²) in [6.45, 7) is 36.8. The summed E-state index contributed by atoms with van der Waals surface area (Å²) in [6, 6.07) is 9.69. The number of amides is 1. The van der Waals surface area contributed by atoms with Gasteiger partial charge in [0, 0.05) is 34.3 Å². The third kappa shape index (κ3) is 14.8. The zero-order chi connectivity index (χ0) is 57.0. The molecule has 23 heteroatoms. The van der Waals surface area contributed by atoms with E-state index in [2.05, 4.69) is 140 Å². The van der Waals surface area contributed by atoms with Crippen molar-refractivity contribution < 1.29 is 46.5 Å². The Kier molecular flexibility index (Phi) is 21.5. The van der Waals surface area contributed by atoms with Crippen LogP contribution in [-0.4, -0.2) is 140 Å². The lowest BCUT2D eigenvalue weighted by atomic mass is 9.97. The van der Waals surface area contributed by atoms with Gasteiger partial charge < -0.3 is 47.0 Å². The molecule has 5 rings (SSSR count). The van der Waals surface area contributed by atoms with Crippen LogP contribution in [0, 0.1) is 0 Å². The normalized spacial score (nSPS) is 25.4. The van der Waals surface area contributed by atoms with Gasteiger partial charge in [0.25, 0.3) is 5.56 Å². The van der Waals surface area contributed by atoms with E-state index in [1.807, 2.05) is 62.2 Å². The van der Waals surface area contributed by atoms with Crippen LogP contribution in [-0.2, 0) is 59.8 Å². The number of carbonyl (C=O) groups excluding carboxylic acids is 1. The maximum absolute atomic E-state index is 15.0. The fourth-order valence-corrected chi connectivity index (χ4v) is 12.9. The van der Waals surface area contributed by atoms with Crippen molar-refractivity contribution in [3.8, 4) is 0 Å². The van der Waals surface area contributed by atoms with Gasteiger partial charge in [0.05, 0.1) is 25.9 Å². The highest BCUT2D eigenvalue weighted by atomic mass is 127. The fraction of sp³-hybridized carbons (Fsp3) is 0.755. The lowest BCUT2D eigenvalue weighted by molar-refractivity contribution is -0.271. The van der Waals surface area contributed by atoms with E-state index in [0.29, 0.717) is 19.4 Å². The van der Waals surface area contributed by atoms with Crippen molar-refractivity contribution in [2.75, 3.05) is 33.8 Å². The smallest absolute Gasteiger partial charge is 0.335 e. The van der Waals surface area contributed by atoms with Crippen molar-refractivity contribution in [2.24, 2.45) is 5.11 Å². The molecular formula is C53H90IN7O12Si3. The molecule has 3 saturated heterocycles. The average Bonchev–Trinajstić information content (AvgIpc) is 3.99. The Morgan fingerprint density at radius 2 is 1.47 bits per heavy atom. The molecule has 1 aromatic carbocycles. The number of halogens is 1. The van der Waals surface area contributed by atoms with Gasteiger partial charge in [-0.2, -0.15) is 0 Å². The number of hydrogen-bond acceptors (Lipinski definition) is 14. The van der Waals surface area contributed by atoms with Crippen molar-refractivity contribution in [1.29, 1.82) is 0 Å². The zero-order valence-electron chi connectivity index (χ0n) is 48.8. The molecule has 428 valence electrons. The Morgan fingerprint density at radius 1 is 0.895 bits per heavy atom. The van der Waals surface area contributed by atoms with Crippen molar-refractivity contribution in [3.63, 3.8) is 0 Å². The van der Waals surface area contributed by atoms with Gasteiger partial charge in [-0.15, -0.1) is 0 Å². The molecule has 0 spiro atoms. The molecule has 3 aliphatic rings. The van der Waals surface area contributed by atoms with E-state index in [-0.39, 0.29) is 41.5 Å². The van der Waals surface area contributed by atoms with Gasteiger partial charge in [-0.3, -0.25) is 19.1 Å². The van der Waals surface area contributed by atoms with E-state index in [1.165, 1.54) is 16.8 Å². The second-order valence-corrected chi connectivity index (χ2v) is 40.7. The van der Waals surface area contributed by atoms with E-state index in [4.69, 9.17) is 41.7 Å². The molecule has 4 heterocycles. The minimum atomic E-state index is -2.84. The Bertz CT molecular complexity index is 2470. The number of ether oxygens (including phenoxy) is 6. The van der Waals surface area contributed by atoms with Crippen molar-refractivity contribution in [1.82, 2.24) is 19.4 Å². The molecule has 1 N–H and O–H groups in total. The summed E-state index contributed by atoms with van der Waals surface area (Å²) >= 11 is 2.30. The van der Waals surface area contributed by atoms with Crippen LogP contribution in [0.15, 0.2) is 67.0 Å². The van der Waals surface area contributed by atoms with Crippen LogP contribution in [0.1, 0.15) is 101 Å². The van der Waals surface area contributed by atoms with E-state index in [1.54, 1.807) is 7.05 Å². The molecule has 3 aliphatic heterocycles. The van der Waals surface area contributed by atoms with Crippen LogP contribution >= 0.6 is 22.6 Å². The fourth-order valence-electron chi connectivity index (χ4n) is 8.68. The molecule has 0 bridgehead atoms. The molecule has 76 heavy (non-hydrogen) atoms. The monoisotopic (exact) mass is 1230 g/mol. The van der Waals surface area contributed by atoms with Crippen LogP contribution in [0.4, 0.5) is 0 Å². The number of hydrogen-bond donors (Lipinski definition) is 1. The first kappa shape index (κ1) is 64.2. The number of likely N-dealkylation sites (N-methyl/N-ethyl adjacent to an activating group) is 2. The first-order chi connectivity index (χ1) is 35.2. The minimum Gasteiger partial charge on any atom is -0.412 e. The predicted molar refractivity (Wildman–Crippen MR) is 311 cm³/mol. The van der Waals surface area contributed by atoms with E-state index >= 15 is 9.59 Å². The Hall–Kier alpha value is -2.60. The number of benzene rings is 1. The highest BCUT2D eigenvalue weighted by Gasteiger charge is 2.62. The van der Waals surface area contributed by atoms with Gasteiger partial charge in [-0.25, -0.2) is 9.36 Å². The third-order valence-electron chi connectivity index (χ3n) is 16.7. The van der Waals surface area contributed by atoms with Gasteiger partial charge in [-0.05, 0) is 108 Å². The number of rotatable bonds is 24. The predicted octanol–water partition coefficient (Wildman–Crippen LogP) is 9.97. The van der Waals surface area contributed by atoms with Gasteiger partial charge in [-0.1, -0.05) is 118 Å². The number of carbonyl (C=O) groups is 1. The molecule has 0 radical (unpaired) electrons. The molecule has 1 aromatic heterocycles. The molecule has 19 nitrogen and oxygen atoms in total. The van der Waals surface area contributed by atoms with E-state index in [9.17, 15) is 10.3 Å². The molecule has 2 aromatic rings. The van der Waals surface area contributed by atoms with Crippen molar-refractivity contribution in [3.05, 3.63) is 89.1 Å². The summed E-state index contributed by atoms with van der Waals surface area (Å²) < 4.78 is 66.0. The number of nitrogens with zero attached hydrogens (tertiary/aromatic N) is 6. The zero-order valence-corrected chi connectivity index (χ0v) is 54.0. The standard InChI is InChI=1S/C53H90IN7O12Si3/c1-20-53(21-2)70-40-37(31-57-58-55)67-48(45(40)71-53)69-41(39(46(63)56-12)59(13)29-27-36(54)33-66-74(14,15)50(3,4)5)42-43(72-75(16,17)51(6,7)8)44(73-76(18,19)52(9,10)11)47(68-42)60-30-28-38(62)61(49(60)64)34-65-32-35-25-23-22-24-26-35/h22-28,30,37,39-45,47-48H,20-21,29,31-34H2,1-19H3,(H,56,63)/b36-27+/t37-,39+,40-,41?,42-,43-,44-,45-,47-,48+/m1/s1. The van der Waals surface area contributed by atoms with Gasteiger partial charge in [0.1, 0.15) is 49.4 Å². The summed E-state index contributed by atoms with van der Waals surface area (Å²) in [5, 5.41) is 6.15. The first-order valence-corrected chi connectivity index (χ1v) is 36.5. The number of nitrogens with one attached hydrogen (secondary N) is 1. The quantitative estimate of drug-likeness (QED) is 0.0342. The highest BCUT2D eigenvalue weighted by Crippen LogP contribution is 2.49. The Balaban J connectivity index is 1.76. The summed E-state index contributed by atoms with van der Waals surface area (Å²) in [6.07, 6.45) is -4.53. The van der Waals surface area contributed by atoms with E-state index < -0.39 is 109 Å². The second kappa shape index (κ2) is 25.5. The topological polar surface area (TPSA) is 208 Å². The maximum atomic E-state index is 15.0. The molecule has 0 aliphatic carbocycles. The van der Waals surface area contributed by atoms with Gasteiger partial charge in [0.2, 0.25) is 5.91 Å². The van der Waals surface area contributed by atoms with Crippen LogP contribution < -0.4 is 16.6 Å². The Morgan fingerprint density at radius 3 is 2.03 bits per heavy atom. The third-order valence-corrected chi connectivity index (χ3v) is 30.8. The number of aromatic nitrogens is 2. The van der Waals surface area contributed by atoms with Crippen LogP contribution in [0.2, 0.25) is 54.4 Å². The molecule has 1 unspecified atom stereocenters. The van der Waals surface area contributed by atoms with Crippen LogP contribution in [0.25, 0.3) is 10.4 Å². The van der Waals surface area contributed by atoms with Crippen molar-refractivity contribution in [2.45, 2.75) is 224 Å². The van der Waals surface area contributed by atoms with Gasteiger partial charge in [0.15, 0.2) is 43.3 Å². The Labute approximate surface area is 468 Å². The molecule has 3 fully saturated rings. The summed E-state index contributed by atoms with van der Waals surface area (Å²) in [7, 11) is -4.34. The average molecular weight is 1230 g/mol. The lowest BCUT2D eigenvalue weighted by Crippen LogP contribution is -2.62. The van der Waals surface area contributed by atoms with E-state index in [0.717, 1.165) is 13.7 Å². The number of fused-ring (bicyclic) bond motifs is 1. The minimum absolute atomic E-state index is 0.00569. The SMILES string of the molecule is CCC1(CC)O[C@H]2[C@H](OC([C@H]3O[C@@H](n4ccc(=O)n(COCc5ccccc5)c4=O)[C@H](O[Si](C)(C)C(C)(C)C)[C@@H]3O[Si](C)(C)C(C)(C)C)[C@@H](C(=O)NC)N(C)C/C=C(/I)CO[Si](C)(C)C(C)(C)C)O[C@H](CN=[N+]=[N-])[C@H]2O1. The maximum Gasteiger partial charge on any atom is 0.335 e. The first-order valence-electron chi connectivity index (χ1n) is 26.7. The lowest BCUT2D eigenvalue weighted by Gasteiger charge is -2.45. The van der Waals surface area contributed by atoms with Gasteiger partial charge >= 0.3 is 5.69 Å². The van der Waals surface area contributed by atoms with Crippen molar-refractivity contribution >= 4 is 53.5 Å². The van der Waals surface area contributed by atoms with Crippen LogP contribution in [0.3, 0.4) is 0 Å².